The predicted octanol–water partition coefficient (Wildman–Crippen LogP) is 22.3. The predicted molar refractivity (Wildman–Crippen MR) is 386 cm³/mol. The molecule has 0 amide bonds. The van der Waals surface area contributed by atoms with Crippen LogP contribution in [0.25, 0.3) is 0 Å². The van der Waals surface area contributed by atoms with Gasteiger partial charge >= 0.3 is 39.5 Å². The van der Waals surface area contributed by atoms with E-state index in [9.17, 15) is 43.2 Å². The smallest absolute Gasteiger partial charge is 0.462 e. The molecule has 0 spiro atoms. The molecule has 19 heteroatoms. The van der Waals surface area contributed by atoms with Gasteiger partial charge < -0.3 is 33.8 Å². The standard InChI is InChI=1S/C76H148O17P2/c1-7-9-11-13-15-17-18-25-29-36-42-48-54-60-75(80)92-71(64-86-73(78)58-52-46-40-16-14-12-10-8-2)66-90-94(82,83)88-62-70(77)63-89-95(84,85)91-67-72(65-87-74(79)59-53-47-41-35-32-31-34-39-45-51-57-69(5)6)93-76(81)61-55-49-43-37-30-27-24-22-20-19-21-23-26-28-33-38-44-50-56-68(3)4/h68-72,77H,7-67H2,1-6H3,(H,82,83)(H,84,85)/t70-,71+,72+/m0/s1. The molecule has 2 unspecified atom stereocenters. The molecule has 0 saturated carbocycles. The summed E-state index contributed by atoms with van der Waals surface area (Å²) in [5, 5.41) is 10.6. The Labute approximate surface area is 581 Å². The number of carbonyl (C=O) groups excluding carboxylic acids is 4. The van der Waals surface area contributed by atoms with E-state index in [-0.39, 0.29) is 25.7 Å². The fourth-order valence-electron chi connectivity index (χ4n) is 11.7. The molecular formula is C76H148O17P2. The molecule has 564 valence electrons. The first-order valence-corrected chi connectivity index (χ1v) is 42.5. The molecule has 5 atom stereocenters. The molecule has 0 radical (unpaired) electrons. The Balaban J connectivity index is 5.18. The molecule has 0 aromatic heterocycles. The van der Waals surface area contributed by atoms with Crippen LogP contribution >= 0.6 is 15.6 Å². The van der Waals surface area contributed by atoms with E-state index in [0.29, 0.717) is 25.7 Å². The van der Waals surface area contributed by atoms with Gasteiger partial charge in [-0.25, -0.2) is 9.13 Å². The number of hydrogen-bond donors (Lipinski definition) is 3. The number of unbranched alkanes of at least 4 members (excludes halogenated alkanes) is 45. The molecule has 0 fully saturated rings. The zero-order chi connectivity index (χ0) is 70.0. The van der Waals surface area contributed by atoms with Gasteiger partial charge in [-0.05, 0) is 37.5 Å². The molecule has 17 nitrogen and oxygen atoms in total. The van der Waals surface area contributed by atoms with Gasteiger partial charge in [-0.3, -0.25) is 37.3 Å². The normalized spacial score (nSPS) is 14.0. The van der Waals surface area contributed by atoms with E-state index in [1.807, 2.05) is 0 Å². The highest BCUT2D eigenvalue weighted by molar-refractivity contribution is 7.47. The highest BCUT2D eigenvalue weighted by atomic mass is 31.2. The third-order valence-electron chi connectivity index (χ3n) is 17.7. The number of hydrogen-bond acceptors (Lipinski definition) is 15. The van der Waals surface area contributed by atoms with Crippen LogP contribution < -0.4 is 0 Å². The van der Waals surface area contributed by atoms with Crippen LogP contribution in [0.15, 0.2) is 0 Å². The number of aliphatic hydroxyl groups excluding tert-OH is 1. The number of rotatable bonds is 75. The first-order valence-electron chi connectivity index (χ1n) is 39.5. The molecule has 0 heterocycles. The number of phosphoric ester groups is 2. The highest BCUT2D eigenvalue weighted by Gasteiger charge is 2.30. The van der Waals surface area contributed by atoms with Crippen LogP contribution in [0.3, 0.4) is 0 Å². The van der Waals surface area contributed by atoms with Gasteiger partial charge in [-0.1, -0.05) is 343 Å². The second kappa shape index (κ2) is 67.9. The first-order chi connectivity index (χ1) is 45.9. The van der Waals surface area contributed by atoms with E-state index in [1.54, 1.807) is 0 Å². The SMILES string of the molecule is CCCCCCCCCCCCCCCC(=O)O[C@H](COC(=O)CCCCCCCCCC)COP(=O)(O)OC[C@H](O)COP(=O)(O)OC[C@@H](COC(=O)CCCCCCCCCCCCC(C)C)OC(=O)CCCCCCCCCCCCCCCCCCCCC(C)C. The van der Waals surface area contributed by atoms with Crippen molar-refractivity contribution in [1.29, 1.82) is 0 Å². The minimum atomic E-state index is -4.96. The Morgan fingerprint density at radius 1 is 0.284 bits per heavy atom. The van der Waals surface area contributed by atoms with Crippen molar-refractivity contribution in [2.45, 2.75) is 413 Å². The van der Waals surface area contributed by atoms with Crippen LogP contribution in [0.1, 0.15) is 395 Å². The number of phosphoric acid groups is 2. The van der Waals surface area contributed by atoms with Crippen LogP contribution in [0.2, 0.25) is 0 Å². The van der Waals surface area contributed by atoms with E-state index >= 15 is 0 Å². The van der Waals surface area contributed by atoms with Gasteiger partial charge in [0.2, 0.25) is 0 Å². The maximum atomic E-state index is 13.1. The van der Waals surface area contributed by atoms with Crippen molar-refractivity contribution in [1.82, 2.24) is 0 Å². The third-order valence-corrected chi connectivity index (χ3v) is 19.6. The summed E-state index contributed by atoms with van der Waals surface area (Å²) in [6.45, 7) is 9.60. The average molecular weight is 1400 g/mol. The van der Waals surface area contributed by atoms with Gasteiger partial charge in [-0.15, -0.1) is 0 Å². The molecular weight excluding hydrogens is 1250 g/mol. The fourth-order valence-corrected chi connectivity index (χ4v) is 13.2. The molecule has 0 aromatic rings. The van der Waals surface area contributed by atoms with Crippen LogP contribution in [-0.2, 0) is 65.4 Å². The number of esters is 4. The maximum Gasteiger partial charge on any atom is 0.472 e. The summed E-state index contributed by atoms with van der Waals surface area (Å²) in [6, 6.07) is 0. The molecule has 95 heavy (non-hydrogen) atoms. The minimum Gasteiger partial charge on any atom is -0.462 e. The Bertz CT molecular complexity index is 1840. The largest absolute Gasteiger partial charge is 0.472 e. The summed E-state index contributed by atoms with van der Waals surface area (Å²) < 4.78 is 68.4. The third kappa shape index (κ3) is 70.3. The van der Waals surface area contributed by atoms with Crippen LogP contribution in [0.4, 0.5) is 0 Å². The molecule has 0 aliphatic heterocycles. The van der Waals surface area contributed by atoms with Gasteiger partial charge in [0, 0.05) is 25.7 Å². The Hall–Kier alpha value is -1.94. The van der Waals surface area contributed by atoms with E-state index in [4.69, 9.17) is 37.0 Å². The lowest BCUT2D eigenvalue weighted by Crippen LogP contribution is -2.30. The maximum absolute atomic E-state index is 13.1. The van der Waals surface area contributed by atoms with Crippen molar-refractivity contribution in [3.8, 4) is 0 Å². The zero-order valence-corrected chi connectivity index (χ0v) is 63.8. The Kier molecular flexibility index (Phi) is 66.5. The van der Waals surface area contributed by atoms with E-state index in [2.05, 4.69) is 41.5 Å². The van der Waals surface area contributed by atoms with Crippen molar-refractivity contribution in [3.63, 3.8) is 0 Å². The second-order valence-electron chi connectivity index (χ2n) is 28.3. The fraction of sp³-hybridized carbons (Fsp3) is 0.947. The molecule has 0 aliphatic carbocycles. The summed E-state index contributed by atoms with van der Waals surface area (Å²) in [7, 11) is -9.91. The monoisotopic (exact) mass is 1400 g/mol. The zero-order valence-electron chi connectivity index (χ0n) is 62.0. The van der Waals surface area contributed by atoms with E-state index in [1.165, 1.54) is 205 Å². The lowest BCUT2D eigenvalue weighted by molar-refractivity contribution is -0.161. The van der Waals surface area contributed by atoms with Gasteiger partial charge in [0.05, 0.1) is 26.4 Å². The van der Waals surface area contributed by atoms with Crippen LogP contribution in [0, 0.1) is 11.8 Å². The quantitative estimate of drug-likeness (QED) is 0.0222. The highest BCUT2D eigenvalue weighted by Crippen LogP contribution is 2.45. The van der Waals surface area contributed by atoms with Crippen molar-refractivity contribution >= 4 is 39.5 Å². The van der Waals surface area contributed by atoms with Gasteiger partial charge in [0.1, 0.15) is 19.3 Å². The van der Waals surface area contributed by atoms with Gasteiger partial charge in [0.15, 0.2) is 12.2 Å². The molecule has 3 N–H and O–H groups in total. The summed E-state index contributed by atoms with van der Waals surface area (Å²) in [6.07, 6.45) is 55.6. The van der Waals surface area contributed by atoms with Gasteiger partial charge in [-0.2, -0.15) is 0 Å². The summed E-state index contributed by atoms with van der Waals surface area (Å²) in [4.78, 5) is 72.7. The van der Waals surface area contributed by atoms with Crippen LogP contribution in [-0.4, -0.2) is 96.7 Å². The van der Waals surface area contributed by atoms with E-state index < -0.39 is 97.5 Å². The molecule has 0 bridgehead atoms. The number of ether oxygens (including phenoxy) is 4. The Morgan fingerprint density at radius 2 is 0.484 bits per heavy atom. The van der Waals surface area contributed by atoms with Crippen molar-refractivity contribution in [3.05, 3.63) is 0 Å². The summed E-state index contributed by atoms with van der Waals surface area (Å²) in [5.41, 5.74) is 0. The lowest BCUT2D eigenvalue weighted by Gasteiger charge is -2.21. The summed E-state index contributed by atoms with van der Waals surface area (Å²) in [5.74, 6) is -0.539. The minimum absolute atomic E-state index is 0.107. The van der Waals surface area contributed by atoms with Crippen LogP contribution in [0.5, 0.6) is 0 Å². The van der Waals surface area contributed by atoms with Crippen molar-refractivity contribution in [2.75, 3.05) is 39.6 Å². The molecule has 0 rings (SSSR count). The second-order valence-corrected chi connectivity index (χ2v) is 31.3. The van der Waals surface area contributed by atoms with Crippen molar-refractivity contribution in [2.24, 2.45) is 11.8 Å². The topological polar surface area (TPSA) is 237 Å². The number of aliphatic hydroxyl groups is 1. The van der Waals surface area contributed by atoms with Gasteiger partial charge in [0.25, 0.3) is 0 Å². The van der Waals surface area contributed by atoms with E-state index in [0.717, 1.165) is 108 Å². The summed E-state index contributed by atoms with van der Waals surface area (Å²) >= 11 is 0. The average Bonchev–Trinajstić information content (AvgIpc) is 3.19. The molecule has 0 aliphatic rings. The lowest BCUT2D eigenvalue weighted by atomic mass is 10.0. The number of carbonyl (C=O) groups is 4. The molecule has 0 aromatic carbocycles. The van der Waals surface area contributed by atoms with Crippen molar-refractivity contribution < 1.29 is 80.2 Å². The molecule has 0 saturated heterocycles. The Morgan fingerprint density at radius 3 is 0.716 bits per heavy atom. The first kappa shape index (κ1) is 93.1.